The van der Waals surface area contributed by atoms with Crippen LogP contribution in [0.1, 0.15) is 13.3 Å². The minimum Gasteiger partial charge on any atom is -0.430 e. The predicted molar refractivity (Wildman–Crippen MR) is 127 cm³/mol. The fraction of sp³-hybridized carbons (Fsp3) is 0.833. The number of rotatable bonds is 13. The molecule has 3 atom stereocenters. The van der Waals surface area contributed by atoms with Crippen LogP contribution < -0.4 is 0 Å². The number of carbonyl (C=O) groups excluding carboxylic acids is 1. The van der Waals surface area contributed by atoms with Crippen LogP contribution in [0.25, 0.3) is 0 Å². The average molecular weight is 499 g/mol. The van der Waals surface area contributed by atoms with Crippen molar-refractivity contribution in [2.75, 3.05) is 6.61 Å². The molecular formula is C18H42O8Si4. The molecule has 0 saturated heterocycles. The summed E-state index contributed by atoms with van der Waals surface area (Å²) in [5.74, 6) is -0.878. The van der Waals surface area contributed by atoms with Crippen LogP contribution in [-0.4, -0.2) is 74.0 Å². The zero-order valence-corrected chi connectivity index (χ0v) is 24.2. The Morgan fingerprint density at radius 3 is 1.50 bits per heavy atom. The first-order valence-electron chi connectivity index (χ1n) is 10.2. The SMILES string of the molecule is C=C(C(=O)OC(O)C(O)CO)C(CC)[Si](O[Si](C)(C)C)(O[Si](C)(C)C)O[Si](C)(C)C. The average Bonchev–Trinajstić information content (AvgIpc) is 2.48. The third-order valence-electron chi connectivity index (χ3n) is 3.61. The third kappa shape index (κ3) is 10.4. The highest BCUT2D eigenvalue weighted by atomic mass is 28.5. The van der Waals surface area contributed by atoms with E-state index >= 15 is 0 Å². The van der Waals surface area contributed by atoms with E-state index in [9.17, 15) is 15.0 Å². The molecule has 0 heterocycles. The molecule has 0 fully saturated rings. The molecule has 0 rings (SSSR count). The van der Waals surface area contributed by atoms with Crippen molar-refractivity contribution in [1.29, 1.82) is 0 Å². The van der Waals surface area contributed by atoms with Gasteiger partial charge in [0.25, 0.3) is 0 Å². The van der Waals surface area contributed by atoms with E-state index < -0.39 is 64.3 Å². The molecule has 0 aliphatic heterocycles. The lowest BCUT2D eigenvalue weighted by Gasteiger charge is -2.46. The summed E-state index contributed by atoms with van der Waals surface area (Å²) in [7, 11) is -9.95. The minimum atomic E-state index is -3.45. The number of carbonyl (C=O) groups is 1. The van der Waals surface area contributed by atoms with Gasteiger partial charge in [-0.2, -0.15) is 0 Å². The van der Waals surface area contributed by atoms with Gasteiger partial charge in [-0.15, -0.1) is 0 Å². The van der Waals surface area contributed by atoms with Crippen LogP contribution in [-0.2, 0) is 21.9 Å². The van der Waals surface area contributed by atoms with E-state index in [1.165, 1.54) is 0 Å². The molecule has 0 saturated carbocycles. The van der Waals surface area contributed by atoms with Crippen LogP contribution in [0, 0.1) is 0 Å². The minimum absolute atomic E-state index is 0.0723. The quantitative estimate of drug-likeness (QED) is 0.154. The number of esters is 1. The number of ether oxygens (including phenoxy) is 1. The van der Waals surface area contributed by atoms with Crippen molar-refractivity contribution in [3.8, 4) is 0 Å². The molecule has 0 aliphatic rings. The number of aliphatic hydroxyl groups excluding tert-OH is 3. The summed E-state index contributed by atoms with van der Waals surface area (Å²) in [5.41, 5.74) is -0.489. The van der Waals surface area contributed by atoms with E-state index in [4.69, 9.17) is 22.2 Å². The zero-order chi connectivity index (χ0) is 24.1. The topological polar surface area (TPSA) is 115 Å². The molecule has 3 unspecified atom stereocenters. The monoisotopic (exact) mass is 498 g/mol. The summed E-state index contributed by atoms with van der Waals surface area (Å²) >= 11 is 0. The van der Waals surface area contributed by atoms with Crippen LogP contribution in [0.2, 0.25) is 64.5 Å². The second-order valence-electron chi connectivity index (χ2n) is 10.3. The van der Waals surface area contributed by atoms with Gasteiger partial charge in [-0.05, 0) is 65.3 Å². The summed E-state index contributed by atoms with van der Waals surface area (Å²) in [5, 5.41) is 28.3. The molecule has 0 radical (unpaired) electrons. The third-order valence-corrected chi connectivity index (χ3v) is 16.0. The molecule has 0 aromatic carbocycles. The van der Waals surface area contributed by atoms with Gasteiger partial charge < -0.3 is 32.4 Å². The lowest BCUT2D eigenvalue weighted by Crippen LogP contribution is -2.63. The van der Waals surface area contributed by atoms with E-state index in [0.29, 0.717) is 6.42 Å². The zero-order valence-electron chi connectivity index (χ0n) is 20.2. The first kappa shape index (κ1) is 29.8. The highest BCUT2D eigenvalue weighted by Crippen LogP contribution is 2.41. The highest BCUT2D eigenvalue weighted by molar-refractivity contribution is 6.91. The Labute approximate surface area is 186 Å². The van der Waals surface area contributed by atoms with Crippen molar-refractivity contribution in [2.24, 2.45) is 0 Å². The molecule has 0 bridgehead atoms. The van der Waals surface area contributed by atoms with Crippen molar-refractivity contribution in [3.05, 3.63) is 12.2 Å². The Bertz CT molecular complexity index is 539. The van der Waals surface area contributed by atoms with Crippen molar-refractivity contribution in [3.63, 3.8) is 0 Å². The normalized spacial score (nSPS) is 16.7. The first-order chi connectivity index (χ1) is 13.3. The highest BCUT2D eigenvalue weighted by Gasteiger charge is 2.57. The first-order valence-corrected chi connectivity index (χ1v) is 22.3. The molecule has 12 heteroatoms. The smallest absolute Gasteiger partial charge is 0.430 e. The van der Waals surface area contributed by atoms with Gasteiger partial charge >= 0.3 is 14.8 Å². The lowest BCUT2D eigenvalue weighted by atomic mass is 10.1. The second-order valence-corrected chi connectivity index (χ2v) is 27.3. The Morgan fingerprint density at radius 1 is 0.867 bits per heavy atom. The predicted octanol–water partition coefficient (Wildman–Crippen LogP) is 3.03. The van der Waals surface area contributed by atoms with Crippen molar-refractivity contribution < 1.29 is 37.2 Å². The van der Waals surface area contributed by atoms with Gasteiger partial charge in [0.15, 0.2) is 25.0 Å². The van der Waals surface area contributed by atoms with Gasteiger partial charge in [0.05, 0.1) is 12.1 Å². The summed E-state index contributed by atoms with van der Waals surface area (Å²) in [6.07, 6.45) is -2.99. The molecule has 3 N–H and O–H groups in total. The van der Waals surface area contributed by atoms with E-state index in [0.717, 1.165) is 0 Å². The van der Waals surface area contributed by atoms with E-state index in [1.54, 1.807) is 0 Å². The van der Waals surface area contributed by atoms with Gasteiger partial charge in [0.2, 0.25) is 6.29 Å². The molecule has 0 spiro atoms. The van der Waals surface area contributed by atoms with Gasteiger partial charge in [0.1, 0.15) is 6.10 Å². The van der Waals surface area contributed by atoms with Crippen LogP contribution in [0.5, 0.6) is 0 Å². The summed E-state index contributed by atoms with van der Waals surface area (Å²) in [4.78, 5) is 12.7. The van der Waals surface area contributed by atoms with Crippen molar-refractivity contribution in [1.82, 2.24) is 0 Å². The Hall–Kier alpha value is -0.162. The van der Waals surface area contributed by atoms with Crippen LogP contribution in [0.3, 0.4) is 0 Å². The van der Waals surface area contributed by atoms with Crippen molar-refractivity contribution >= 4 is 39.7 Å². The number of aliphatic hydroxyl groups is 3. The fourth-order valence-corrected chi connectivity index (χ4v) is 17.4. The van der Waals surface area contributed by atoms with Crippen LogP contribution in [0.4, 0.5) is 0 Å². The van der Waals surface area contributed by atoms with E-state index in [1.807, 2.05) is 65.8 Å². The Balaban J connectivity index is 6.28. The molecule has 0 amide bonds. The lowest BCUT2D eigenvalue weighted by molar-refractivity contribution is -0.186. The summed E-state index contributed by atoms with van der Waals surface area (Å²) < 4.78 is 24.9. The van der Waals surface area contributed by atoms with Gasteiger partial charge in [0, 0.05) is 5.57 Å². The molecular weight excluding hydrogens is 457 g/mol. The summed E-state index contributed by atoms with van der Waals surface area (Å²) in [6.45, 7) is 23.5. The van der Waals surface area contributed by atoms with Crippen LogP contribution in [0.15, 0.2) is 12.2 Å². The largest absolute Gasteiger partial charge is 0.477 e. The second kappa shape index (κ2) is 11.1. The van der Waals surface area contributed by atoms with Gasteiger partial charge in [-0.1, -0.05) is 13.5 Å². The summed E-state index contributed by atoms with van der Waals surface area (Å²) in [6, 6.07) is 0. The van der Waals surface area contributed by atoms with Crippen LogP contribution >= 0.6 is 0 Å². The molecule has 0 aromatic rings. The molecule has 178 valence electrons. The van der Waals surface area contributed by atoms with Gasteiger partial charge in [-0.25, -0.2) is 4.79 Å². The number of hydrogen-bond acceptors (Lipinski definition) is 8. The van der Waals surface area contributed by atoms with E-state index in [-0.39, 0.29) is 5.57 Å². The maximum atomic E-state index is 12.7. The standard InChI is InChI=1S/C18H42O8Si4/c1-12-16(14(2)17(21)23-18(22)15(20)13-19)30(24-27(3,4)5,25-28(6,7)8)26-29(9,10)11/h15-16,18-20,22H,2,12-13H2,1,3-11H3. The maximum absolute atomic E-state index is 12.7. The molecule has 30 heavy (non-hydrogen) atoms. The van der Waals surface area contributed by atoms with Gasteiger partial charge in [-0.3, -0.25) is 0 Å². The molecule has 0 aliphatic carbocycles. The molecule has 8 nitrogen and oxygen atoms in total. The molecule has 0 aromatic heterocycles. The van der Waals surface area contributed by atoms with E-state index in [2.05, 4.69) is 6.58 Å². The fourth-order valence-electron chi connectivity index (χ4n) is 2.76. The maximum Gasteiger partial charge on any atom is 0.477 e. The number of hydrogen-bond donors (Lipinski definition) is 3. The Morgan fingerprint density at radius 2 is 1.23 bits per heavy atom. The van der Waals surface area contributed by atoms with Crippen molar-refractivity contribution in [2.45, 2.75) is 90.2 Å². The Kier molecular flexibility index (Phi) is 11.1.